The number of urea groups is 1. The Bertz CT molecular complexity index is 561. The Kier molecular flexibility index (Phi) is 2.62. The van der Waals surface area contributed by atoms with Crippen LogP contribution in [0.25, 0.3) is 0 Å². The standard InChI is InChI=1S/C14H14N2O3/c1-8-2-4-9(5-3-8)11-12(17)15-14(19)16(13(11)18)10-6-7-10/h2-5,10-11H,6-7H2,1H3,(H,15,17,19). The molecular weight excluding hydrogens is 244 g/mol. The van der Waals surface area contributed by atoms with Gasteiger partial charge in [0.15, 0.2) is 0 Å². The molecule has 5 heteroatoms. The minimum Gasteiger partial charge on any atom is -0.277 e. The zero-order valence-electron chi connectivity index (χ0n) is 10.6. The van der Waals surface area contributed by atoms with Crippen molar-refractivity contribution < 1.29 is 14.4 Å². The van der Waals surface area contributed by atoms with Gasteiger partial charge >= 0.3 is 6.03 Å². The zero-order valence-corrected chi connectivity index (χ0v) is 10.6. The molecule has 3 rings (SSSR count). The van der Waals surface area contributed by atoms with Crippen LogP contribution in [0.15, 0.2) is 24.3 Å². The van der Waals surface area contributed by atoms with Gasteiger partial charge in [0, 0.05) is 6.04 Å². The van der Waals surface area contributed by atoms with E-state index in [2.05, 4.69) is 5.32 Å². The molecule has 1 aliphatic carbocycles. The highest BCUT2D eigenvalue weighted by atomic mass is 16.2. The molecule has 98 valence electrons. The lowest BCUT2D eigenvalue weighted by molar-refractivity contribution is -0.139. The van der Waals surface area contributed by atoms with E-state index in [0.717, 1.165) is 18.4 Å². The molecule has 0 bridgehead atoms. The third-order valence-electron chi connectivity index (χ3n) is 3.52. The molecule has 2 aliphatic rings. The SMILES string of the molecule is Cc1ccc(C2C(=O)NC(=O)N(C3CC3)C2=O)cc1. The van der Waals surface area contributed by atoms with Gasteiger partial charge in [0.1, 0.15) is 5.92 Å². The van der Waals surface area contributed by atoms with E-state index in [9.17, 15) is 14.4 Å². The molecule has 1 saturated heterocycles. The molecule has 5 nitrogen and oxygen atoms in total. The average molecular weight is 258 g/mol. The van der Waals surface area contributed by atoms with Gasteiger partial charge in [0.25, 0.3) is 0 Å². The number of nitrogens with zero attached hydrogens (tertiary/aromatic N) is 1. The zero-order chi connectivity index (χ0) is 13.6. The first-order chi connectivity index (χ1) is 9.08. The first kappa shape index (κ1) is 11.9. The summed E-state index contributed by atoms with van der Waals surface area (Å²) in [5.41, 5.74) is 1.69. The van der Waals surface area contributed by atoms with E-state index in [4.69, 9.17) is 0 Å². The summed E-state index contributed by atoms with van der Waals surface area (Å²) in [6.45, 7) is 1.94. The minimum absolute atomic E-state index is 0.0338. The van der Waals surface area contributed by atoms with Gasteiger partial charge in [-0.1, -0.05) is 29.8 Å². The first-order valence-electron chi connectivity index (χ1n) is 6.32. The molecule has 4 amide bonds. The summed E-state index contributed by atoms with van der Waals surface area (Å²) in [5.74, 6) is -1.84. The predicted molar refractivity (Wildman–Crippen MR) is 67.3 cm³/mol. The Morgan fingerprint density at radius 1 is 1.11 bits per heavy atom. The van der Waals surface area contributed by atoms with Gasteiger partial charge in [-0.25, -0.2) is 4.79 Å². The van der Waals surface area contributed by atoms with Crippen LogP contribution in [0.1, 0.15) is 29.9 Å². The number of hydrogen-bond acceptors (Lipinski definition) is 3. The van der Waals surface area contributed by atoms with Gasteiger partial charge in [0.05, 0.1) is 0 Å². The number of hydrogen-bond donors (Lipinski definition) is 1. The van der Waals surface area contributed by atoms with Gasteiger partial charge in [-0.15, -0.1) is 0 Å². The molecule has 1 N–H and O–H groups in total. The van der Waals surface area contributed by atoms with E-state index < -0.39 is 23.8 Å². The molecule has 1 saturated carbocycles. The van der Waals surface area contributed by atoms with Crippen molar-refractivity contribution >= 4 is 17.8 Å². The van der Waals surface area contributed by atoms with Crippen molar-refractivity contribution in [3.8, 4) is 0 Å². The van der Waals surface area contributed by atoms with Gasteiger partial charge in [-0.05, 0) is 25.3 Å². The second-order valence-electron chi connectivity index (χ2n) is 5.08. The number of rotatable bonds is 2. The van der Waals surface area contributed by atoms with Crippen LogP contribution in [0.2, 0.25) is 0 Å². The molecule has 1 atom stereocenters. The molecular formula is C14H14N2O3. The Morgan fingerprint density at radius 2 is 1.74 bits per heavy atom. The second-order valence-corrected chi connectivity index (χ2v) is 5.08. The highest BCUT2D eigenvalue weighted by Crippen LogP contribution is 2.32. The quantitative estimate of drug-likeness (QED) is 0.813. The molecule has 0 radical (unpaired) electrons. The maximum atomic E-state index is 12.4. The van der Waals surface area contributed by atoms with Crippen molar-refractivity contribution in [3.63, 3.8) is 0 Å². The van der Waals surface area contributed by atoms with Crippen LogP contribution >= 0.6 is 0 Å². The number of amides is 4. The summed E-state index contributed by atoms with van der Waals surface area (Å²) >= 11 is 0. The first-order valence-corrected chi connectivity index (χ1v) is 6.32. The molecule has 1 aromatic carbocycles. The molecule has 0 spiro atoms. The largest absolute Gasteiger partial charge is 0.331 e. The Morgan fingerprint density at radius 3 is 2.32 bits per heavy atom. The van der Waals surface area contributed by atoms with Crippen LogP contribution in [-0.2, 0) is 9.59 Å². The number of carbonyl (C=O) groups is 3. The second kappa shape index (κ2) is 4.19. The van der Waals surface area contributed by atoms with E-state index in [0.29, 0.717) is 5.56 Å². The van der Waals surface area contributed by atoms with Gasteiger partial charge in [-0.2, -0.15) is 0 Å². The highest BCUT2D eigenvalue weighted by Gasteiger charge is 2.47. The smallest absolute Gasteiger partial charge is 0.277 e. The van der Waals surface area contributed by atoms with Crippen molar-refractivity contribution in [2.75, 3.05) is 0 Å². The third kappa shape index (κ3) is 2.01. The van der Waals surface area contributed by atoms with Crippen LogP contribution in [0.4, 0.5) is 4.79 Å². The van der Waals surface area contributed by atoms with Crippen LogP contribution < -0.4 is 5.32 Å². The van der Waals surface area contributed by atoms with E-state index in [1.54, 1.807) is 12.1 Å². The molecule has 1 heterocycles. The molecule has 1 aliphatic heterocycles. The monoisotopic (exact) mass is 258 g/mol. The van der Waals surface area contributed by atoms with Crippen molar-refractivity contribution in [1.82, 2.24) is 10.2 Å². The fourth-order valence-electron chi connectivity index (χ4n) is 2.32. The van der Waals surface area contributed by atoms with Gasteiger partial charge in [0.2, 0.25) is 11.8 Å². The summed E-state index contributed by atoms with van der Waals surface area (Å²) in [6, 6.07) is 6.62. The summed E-state index contributed by atoms with van der Waals surface area (Å²) in [5, 5.41) is 2.27. The lowest BCUT2D eigenvalue weighted by atomic mass is 9.94. The molecule has 0 aromatic heterocycles. The van der Waals surface area contributed by atoms with Crippen molar-refractivity contribution in [2.45, 2.75) is 31.7 Å². The van der Waals surface area contributed by atoms with Gasteiger partial charge in [-0.3, -0.25) is 19.8 Å². The average Bonchev–Trinajstić information content (AvgIpc) is 3.15. The van der Waals surface area contributed by atoms with E-state index in [1.807, 2.05) is 19.1 Å². The lowest BCUT2D eigenvalue weighted by Gasteiger charge is -2.30. The van der Waals surface area contributed by atoms with Crippen LogP contribution in [0.3, 0.4) is 0 Å². The van der Waals surface area contributed by atoms with Crippen LogP contribution in [-0.4, -0.2) is 28.8 Å². The van der Waals surface area contributed by atoms with E-state index >= 15 is 0 Å². The minimum atomic E-state index is -0.904. The van der Waals surface area contributed by atoms with Crippen LogP contribution in [0.5, 0.6) is 0 Å². The maximum absolute atomic E-state index is 12.4. The topological polar surface area (TPSA) is 66.5 Å². The molecule has 19 heavy (non-hydrogen) atoms. The number of imide groups is 2. The van der Waals surface area contributed by atoms with Crippen molar-refractivity contribution in [2.24, 2.45) is 0 Å². The summed E-state index contributed by atoms with van der Waals surface area (Å²) in [7, 11) is 0. The molecule has 2 fully saturated rings. The summed E-state index contributed by atoms with van der Waals surface area (Å²) in [6.07, 6.45) is 1.65. The van der Waals surface area contributed by atoms with E-state index in [-0.39, 0.29) is 6.04 Å². The van der Waals surface area contributed by atoms with Crippen LogP contribution in [0, 0.1) is 6.92 Å². The lowest BCUT2D eigenvalue weighted by Crippen LogP contribution is -2.57. The number of nitrogens with one attached hydrogen (secondary N) is 1. The van der Waals surface area contributed by atoms with Gasteiger partial charge < -0.3 is 0 Å². The molecule has 1 aromatic rings. The number of aryl methyl sites for hydroxylation is 1. The predicted octanol–water partition coefficient (Wildman–Crippen LogP) is 1.32. The highest BCUT2D eigenvalue weighted by molar-refractivity contribution is 6.19. The van der Waals surface area contributed by atoms with Crippen molar-refractivity contribution in [1.29, 1.82) is 0 Å². The fourth-order valence-corrected chi connectivity index (χ4v) is 2.32. The maximum Gasteiger partial charge on any atom is 0.331 e. The summed E-state index contributed by atoms with van der Waals surface area (Å²) in [4.78, 5) is 37.2. The Labute approximate surface area is 110 Å². The summed E-state index contributed by atoms with van der Waals surface area (Å²) < 4.78 is 0. The number of barbiturate groups is 1. The number of benzene rings is 1. The van der Waals surface area contributed by atoms with E-state index in [1.165, 1.54) is 4.90 Å². The Hall–Kier alpha value is -2.17. The third-order valence-corrected chi connectivity index (χ3v) is 3.52. The number of carbonyl (C=O) groups excluding carboxylic acids is 3. The van der Waals surface area contributed by atoms with Crippen molar-refractivity contribution in [3.05, 3.63) is 35.4 Å². The fraction of sp³-hybridized carbons (Fsp3) is 0.357. The molecule has 1 unspecified atom stereocenters. The normalized spacial score (nSPS) is 23.5. The Balaban J connectivity index is 1.94.